The van der Waals surface area contributed by atoms with E-state index in [1.165, 1.54) is 6.42 Å². The summed E-state index contributed by atoms with van der Waals surface area (Å²) >= 11 is 0. The van der Waals surface area contributed by atoms with Gasteiger partial charge in [-0.15, -0.1) is 0 Å². The van der Waals surface area contributed by atoms with Crippen molar-refractivity contribution in [1.82, 2.24) is 24.8 Å². The fourth-order valence-electron chi connectivity index (χ4n) is 2.09. The van der Waals surface area contributed by atoms with Crippen LogP contribution in [0.25, 0.3) is 5.82 Å². The fraction of sp³-hybridized carbons (Fsp3) is 0.364. The lowest BCUT2D eigenvalue weighted by Crippen LogP contribution is -2.17. The normalized spacial score (nSPS) is 20.1. The minimum Gasteiger partial charge on any atom is -0.309 e. The second-order valence-corrected chi connectivity index (χ2v) is 3.88. The Morgan fingerprint density at radius 1 is 1.25 bits per heavy atom. The van der Waals surface area contributed by atoms with E-state index in [2.05, 4.69) is 20.3 Å². The van der Waals surface area contributed by atoms with Crippen LogP contribution in [0.2, 0.25) is 0 Å². The van der Waals surface area contributed by atoms with E-state index < -0.39 is 0 Å². The first-order valence-corrected chi connectivity index (χ1v) is 5.48. The highest BCUT2D eigenvalue weighted by Gasteiger charge is 2.21. The molecule has 2 aromatic heterocycles. The van der Waals surface area contributed by atoms with E-state index >= 15 is 0 Å². The molecule has 1 unspecified atom stereocenters. The third-order valence-corrected chi connectivity index (χ3v) is 2.85. The molecule has 1 atom stereocenters. The van der Waals surface area contributed by atoms with E-state index in [0.29, 0.717) is 6.04 Å². The molecule has 0 spiro atoms. The maximum atomic E-state index is 4.44. The first kappa shape index (κ1) is 9.47. The summed E-state index contributed by atoms with van der Waals surface area (Å²) in [6.45, 7) is 1.06. The molecule has 0 radical (unpaired) electrons. The van der Waals surface area contributed by atoms with Crippen molar-refractivity contribution in [3.63, 3.8) is 0 Å². The number of nitrogens with one attached hydrogen (secondary N) is 1. The average molecular weight is 215 g/mol. The van der Waals surface area contributed by atoms with Gasteiger partial charge in [0.2, 0.25) is 0 Å². The maximum Gasteiger partial charge on any atom is 0.161 e. The summed E-state index contributed by atoms with van der Waals surface area (Å²) in [4.78, 5) is 12.9. The van der Waals surface area contributed by atoms with Gasteiger partial charge in [0.1, 0.15) is 12.0 Å². The Kier molecular flexibility index (Phi) is 2.38. The van der Waals surface area contributed by atoms with E-state index in [1.807, 2.05) is 10.8 Å². The second-order valence-electron chi connectivity index (χ2n) is 3.88. The van der Waals surface area contributed by atoms with Gasteiger partial charge in [0.25, 0.3) is 0 Å². The van der Waals surface area contributed by atoms with E-state index in [1.54, 1.807) is 24.9 Å². The summed E-state index contributed by atoms with van der Waals surface area (Å²) in [6, 6.07) is 0.325. The SMILES string of the molecule is c1cn(-c2nccnc2C2CCCN2)cn1. The van der Waals surface area contributed by atoms with Crippen molar-refractivity contribution in [3.05, 3.63) is 36.8 Å². The Morgan fingerprint density at radius 3 is 2.94 bits per heavy atom. The van der Waals surface area contributed by atoms with Crippen LogP contribution >= 0.6 is 0 Å². The van der Waals surface area contributed by atoms with Crippen molar-refractivity contribution in [2.75, 3.05) is 6.54 Å². The fourth-order valence-corrected chi connectivity index (χ4v) is 2.09. The molecule has 1 aliphatic rings. The number of rotatable bonds is 2. The predicted molar refractivity (Wildman–Crippen MR) is 59.1 cm³/mol. The Balaban J connectivity index is 2.04. The summed E-state index contributed by atoms with van der Waals surface area (Å²) in [6.07, 6.45) is 11.2. The van der Waals surface area contributed by atoms with Crippen molar-refractivity contribution in [1.29, 1.82) is 0 Å². The van der Waals surface area contributed by atoms with E-state index in [9.17, 15) is 0 Å². The van der Waals surface area contributed by atoms with Crippen LogP contribution in [0.4, 0.5) is 0 Å². The van der Waals surface area contributed by atoms with Crippen LogP contribution in [-0.4, -0.2) is 26.1 Å². The molecule has 0 saturated carbocycles. The van der Waals surface area contributed by atoms with Crippen LogP contribution in [-0.2, 0) is 0 Å². The minimum absolute atomic E-state index is 0.325. The van der Waals surface area contributed by atoms with Gasteiger partial charge in [-0.25, -0.2) is 9.97 Å². The molecule has 82 valence electrons. The van der Waals surface area contributed by atoms with Gasteiger partial charge in [0.15, 0.2) is 5.82 Å². The monoisotopic (exact) mass is 215 g/mol. The van der Waals surface area contributed by atoms with Gasteiger partial charge < -0.3 is 5.32 Å². The minimum atomic E-state index is 0.325. The van der Waals surface area contributed by atoms with Gasteiger partial charge in [-0.3, -0.25) is 9.55 Å². The third kappa shape index (κ3) is 1.59. The molecule has 0 amide bonds. The molecule has 5 heteroatoms. The van der Waals surface area contributed by atoms with E-state index in [-0.39, 0.29) is 0 Å². The highest BCUT2D eigenvalue weighted by atomic mass is 15.1. The number of aromatic nitrogens is 4. The topological polar surface area (TPSA) is 55.6 Å². The zero-order valence-corrected chi connectivity index (χ0v) is 8.87. The molecule has 0 bridgehead atoms. The van der Waals surface area contributed by atoms with Crippen molar-refractivity contribution in [2.24, 2.45) is 0 Å². The highest BCUT2D eigenvalue weighted by Crippen LogP contribution is 2.24. The molecule has 1 saturated heterocycles. The molecule has 1 aliphatic heterocycles. The van der Waals surface area contributed by atoms with E-state index in [0.717, 1.165) is 24.5 Å². The zero-order valence-electron chi connectivity index (χ0n) is 8.87. The van der Waals surface area contributed by atoms with Crippen LogP contribution in [0.5, 0.6) is 0 Å². The number of hydrogen-bond acceptors (Lipinski definition) is 4. The first-order chi connectivity index (χ1) is 7.95. The largest absolute Gasteiger partial charge is 0.309 e. The quantitative estimate of drug-likeness (QED) is 0.814. The molecule has 1 fully saturated rings. The molecular weight excluding hydrogens is 202 g/mol. The molecule has 3 heterocycles. The van der Waals surface area contributed by atoms with Gasteiger partial charge in [-0.1, -0.05) is 0 Å². The first-order valence-electron chi connectivity index (χ1n) is 5.48. The Labute approximate surface area is 93.6 Å². The molecule has 0 aliphatic carbocycles. The molecule has 2 aromatic rings. The molecule has 1 N–H and O–H groups in total. The van der Waals surface area contributed by atoms with Gasteiger partial charge in [0, 0.05) is 24.8 Å². The van der Waals surface area contributed by atoms with Crippen molar-refractivity contribution >= 4 is 0 Å². The van der Waals surface area contributed by atoms with Crippen LogP contribution in [0.15, 0.2) is 31.1 Å². The highest BCUT2D eigenvalue weighted by molar-refractivity contribution is 5.30. The molecule has 5 nitrogen and oxygen atoms in total. The molecule has 16 heavy (non-hydrogen) atoms. The summed E-state index contributed by atoms with van der Waals surface area (Å²) < 4.78 is 1.91. The second kappa shape index (κ2) is 4.02. The van der Waals surface area contributed by atoms with Gasteiger partial charge >= 0.3 is 0 Å². The van der Waals surface area contributed by atoms with Crippen molar-refractivity contribution in [2.45, 2.75) is 18.9 Å². The summed E-state index contributed by atoms with van der Waals surface area (Å²) in [7, 11) is 0. The van der Waals surface area contributed by atoms with Gasteiger partial charge in [0.05, 0.1) is 6.04 Å². The maximum absolute atomic E-state index is 4.44. The Hall–Kier alpha value is -1.75. The van der Waals surface area contributed by atoms with Crippen LogP contribution < -0.4 is 5.32 Å². The van der Waals surface area contributed by atoms with E-state index in [4.69, 9.17) is 0 Å². The van der Waals surface area contributed by atoms with Crippen molar-refractivity contribution in [3.8, 4) is 5.82 Å². The zero-order chi connectivity index (χ0) is 10.8. The predicted octanol–water partition coefficient (Wildman–Crippen LogP) is 1.09. The average Bonchev–Trinajstić information content (AvgIpc) is 3.03. The third-order valence-electron chi connectivity index (χ3n) is 2.85. The summed E-state index contributed by atoms with van der Waals surface area (Å²) in [5.41, 5.74) is 1.01. The van der Waals surface area contributed by atoms with Crippen LogP contribution in [0, 0.1) is 0 Å². The lowest BCUT2D eigenvalue weighted by atomic mass is 10.1. The summed E-state index contributed by atoms with van der Waals surface area (Å²) in [5, 5.41) is 3.44. The van der Waals surface area contributed by atoms with Crippen molar-refractivity contribution < 1.29 is 0 Å². The Bertz CT molecular complexity index is 459. The summed E-state index contributed by atoms with van der Waals surface area (Å²) in [5.74, 6) is 0.874. The molecule has 3 rings (SSSR count). The lowest BCUT2D eigenvalue weighted by Gasteiger charge is -2.13. The number of imidazole rings is 1. The smallest absolute Gasteiger partial charge is 0.161 e. The number of hydrogen-bond donors (Lipinski definition) is 1. The Morgan fingerprint density at radius 2 is 2.19 bits per heavy atom. The number of nitrogens with zero attached hydrogens (tertiary/aromatic N) is 4. The lowest BCUT2D eigenvalue weighted by molar-refractivity contribution is 0.618. The molecular formula is C11H13N5. The van der Waals surface area contributed by atoms with Crippen LogP contribution in [0.3, 0.4) is 0 Å². The standard InChI is InChI=1S/C11H13N5/c1-2-9(13-3-1)10-11(15-5-4-14-10)16-7-6-12-8-16/h4-9,13H,1-3H2. The molecule has 0 aromatic carbocycles. The van der Waals surface area contributed by atoms with Gasteiger partial charge in [-0.05, 0) is 19.4 Å². The van der Waals surface area contributed by atoms with Crippen LogP contribution in [0.1, 0.15) is 24.6 Å². The van der Waals surface area contributed by atoms with Gasteiger partial charge in [-0.2, -0.15) is 0 Å².